The molecule has 0 saturated carbocycles. The van der Waals surface area contributed by atoms with Crippen molar-refractivity contribution in [1.82, 2.24) is 0 Å². The number of aliphatic carboxylic acids is 1. The van der Waals surface area contributed by atoms with Gasteiger partial charge in [-0.2, -0.15) is 57.1 Å². The largest absolute Gasteiger partial charge is 0.477 e. The van der Waals surface area contributed by atoms with E-state index in [0.717, 1.165) is 0 Å². The Morgan fingerprint density at radius 3 is 1.04 bits per heavy atom. The zero-order chi connectivity index (χ0) is 18.6. The van der Waals surface area contributed by atoms with Gasteiger partial charge in [-0.05, 0) is 0 Å². The van der Waals surface area contributed by atoms with E-state index in [1.807, 2.05) is 0 Å². The minimum absolute atomic E-state index is 0. The van der Waals surface area contributed by atoms with Crippen LogP contribution in [0.4, 0.5) is 57.1 Å². The Morgan fingerprint density at radius 1 is 0.565 bits per heavy atom. The summed E-state index contributed by atoms with van der Waals surface area (Å²) in [7, 11) is 0. The topological polar surface area (TPSA) is 37.3 Å². The standard InChI is InChI=1S/C7HF13O2.ClH/c8-2(9,1(21)22)3(10,11)4(12,13)5(14,15)6(16,17)7(18,19)20;/h(H,21,22);1H. The highest BCUT2D eigenvalue weighted by Crippen LogP contribution is 2.60. The second kappa shape index (κ2) is 5.73. The Balaban J connectivity index is 0. The molecule has 0 aliphatic rings. The van der Waals surface area contributed by atoms with E-state index in [2.05, 4.69) is 0 Å². The van der Waals surface area contributed by atoms with Crippen LogP contribution in [0.2, 0.25) is 0 Å². The minimum atomic E-state index is -8.08. The fourth-order valence-electron chi connectivity index (χ4n) is 0.904. The molecule has 0 aromatic heterocycles. The zero-order valence-electron chi connectivity index (χ0n) is 9.68. The highest BCUT2D eigenvalue weighted by molar-refractivity contribution is 5.85. The van der Waals surface area contributed by atoms with Crippen molar-refractivity contribution < 1.29 is 67.0 Å². The monoisotopic (exact) mass is 400 g/mol. The molecule has 0 bridgehead atoms. The van der Waals surface area contributed by atoms with E-state index in [0.29, 0.717) is 0 Å². The Bertz CT molecular complexity index is 454. The summed E-state index contributed by atoms with van der Waals surface area (Å²) in [5, 5.41) is 7.55. The fraction of sp³-hybridized carbons (Fsp3) is 0.857. The molecule has 0 aromatic rings. The quantitative estimate of drug-likeness (QED) is 0.701. The van der Waals surface area contributed by atoms with Crippen molar-refractivity contribution in [3.63, 3.8) is 0 Å². The predicted molar refractivity (Wildman–Crippen MR) is 45.7 cm³/mol. The number of hydrogen-bond donors (Lipinski definition) is 1. The van der Waals surface area contributed by atoms with E-state index in [-0.39, 0.29) is 12.4 Å². The maximum atomic E-state index is 12.6. The molecule has 16 heteroatoms. The lowest BCUT2D eigenvalue weighted by molar-refractivity contribution is -0.436. The van der Waals surface area contributed by atoms with Crippen LogP contribution in [0.25, 0.3) is 0 Å². The molecule has 0 unspecified atom stereocenters. The normalized spacial score (nSPS) is 15.2. The first-order valence-electron chi connectivity index (χ1n) is 4.38. The Labute approximate surface area is 122 Å². The molecule has 0 fully saturated rings. The summed E-state index contributed by atoms with van der Waals surface area (Å²) in [6, 6.07) is 0. The lowest BCUT2D eigenvalue weighted by Gasteiger charge is -2.38. The van der Waals surface area contributed by atoms with E-state index in [1.165, 1.54) is 0 Å². The number of carboxylic acid groups (broad SMARTS) is 1. The number of carboxylic acids is 1. The SMILES string of the molecule is Cl.O=C(O)C(F)(F)C(F)(F)C(F)(F)C(F)(F)C(F)(F)C(F)(F)F. The van der Waals surface area contributed by atoms with E-state index >= 15 is 0 Å². The predicted octanol–water partition coefficient (Wildman–Crippen LogP) is 4.23. The van der Waals surface area contributed by atoms with Crippen molar-refractivity contribution in [2.75, 3.05) is 0 Å². The molecule has 0 heterocycles. The third kappa shape index (κ3) is 2.98. The van der Waals surface area contributed by atoms with Gasteiger partial charge in [0.1, 0.15) is 0 Å². The van der Waals surface area contributed by atoms with Gasteiger partial charge >= 0.3 is 41.8 Å². The molecule has 0 aliphatic carbocycles. The summed E-state index contributed by atoms with van der Waals surface area (Å²) in [6.45, 7) is 0. The van der Waals surface area contributed by atoms with Crippen LogP contribution < -0.4 is 0 Å². The highest BCUT2D eigenvalue weighted by atomic mass is 35.5. The molecule has 0 aromatic carbocycles. The number of alkyl halides is 13. The van der Waals surface area contributed by atoms with Gasteiger partial charge in [0.2, 0.25) is 0 Å². The third-order valence-corrected chi connectivity index (χ3v) is 2.20. The van der Waals surface area contributed by atoms with Crippen molar-refractivity contribution in [1.29, 1.82) is 0 Å². The molecule has 23 heavy (non-hydrogen) atoms. The van der Waals surface area contributed by atoms with Crippen molar-refractivity contribution in [3.8, 4) is 0 Å². The summed E-state index contributed by atoms with van der Waals surface area (Å²) in [6.07, 6.45) is -7.52. The van der Waals surface area contributed by atoms with E-state index in [9.17, 15) is 61.9 Å². The van der Waals surface area contributed by atoms with E-state index < -0.39 is 41.8 Å². The van der Waals surface area contributed by atoms with Gasteiger partial charge in [0.15, 0.2) is 0 Å². The smallest absolute Gasteiger partial charge is 0.460 e. The van der Waals surface area contributed by atoms with Gasteiger partial charge in [-0.15, -0.1) is 12.4 Å². The second-order valence-corrected chi connectivity index (χ2v) is 3.67. The van der Waals surface area contributed by atoms with Crippen molar-refractivity contribution in [2.45, 2.75) is 35.8 Å². The van der Waals surface area contributed by atoms with Gasteiger partial charge in [-0.25, -0.2) is 4.79 Å². The molecule has 0 rings (SSSR count). The first kappa shape index (κ1) is 24.1. The lowest BCUT2D eigenvalue weighted by Crippen LogP contribution is -2.71. The van der Waals surface area contributed by atoms with Crippen LogP contribution in [0.1, 0.15) is 0 Å². The molecule has 0 spiro atoms. The van der Waals surface area contributed by atoms with Gasteiger partial charge in [0.05, 0.1) is 0 Å². The fourth-order valence-corrected chi connectivity index (χ4v) is 0.904. The maximum Gasteiger partial charge on any atom is 0.460 e. The number of rotatable bonds is 5. The van der Waals surface area contributed by atoms with Gasteiger partial charge in [0.25, 0.3) is 0 Å². The van der Waals surface area contributed by atoms with Crippen LogP contribution in [0.15, 0.2) is 0 Å². The van der Waals surface area contributed by atoms with Crippen LogP contribution in [0, 0.1) is 0 Å². The van der Waals surface area contributed by atoms with Crippen molar-refractivity contribution in [3.05, 3.63) is 0 Å². The number of carbonyl (C=O) groups is 1. The van der Waals surface area contributed by atoms with E-state index in [4.69, 9.17) is 5.11 Å². The zero-order valence-corrected chi connectivity index (χ0v) is 10.5. The molecule has 2 nitrogen and oxygen atoms in total. The second-order valence-electron chi connectivity index (χ2n) is 3.67. The average molecular weight is 401 g/mol. The summed E-state index contributed by atoms with van der Waals surface area (Å²) < 4.78 is 159. The molecule has 0 atom stereocenters. The first-order chi connectivity index (χ1) is 9.19. The molecule has 1 N–H and O–H groups in total. The van der Waals surface area contributed by atoms with Crippen LogP contribution in [0.3, 0.4) is 0 Å². The van der Waals surface area contributed by atoms with Crippen LogP contribution in [-0.4, -0.2) is 46.9 Å². The number of halogens is 14. The molecule has 0 radical (unpaired) electrons. The molecule has 0 saturated heterocycles. The average Bonchev–Trinajstić information content (AvgIpc) is 2.25. The van der Waals surface area contributed by atoms with Crippen molar-refractivity contribution in [2.24, 2.45) is 0 Å². The summed E-state index contributed by atoms with van der Waals surface area (Å²) in [5.41, 5.74) is 0. The molecule has 0 aliphatic heterocycles. The van der Waals surface area contributed by atoms with Gasteiger partial charge < -0.3 is 5.11 Å². The summed E-state index contributed by atoms with van der Waals surface area (Å²) >= 11 is 0. The Morgan fingerprint density at radius 2 is 0.826 bits per heavy atom. The van der Waals surface area contributed by atoms with Crippen LogP contribution in [0.5, 0.6) is 0 Å². The third-order valence-electron chi connectivity index (χ3n) is 2.20. The van der Waals surface area contributed by atoms with Gasteiger partial charge in [-0.1, -0.05) is 0 Å². The first-order valence-corrected chi connectivity index (χ1v) is 4.38. The Kier molecular flexibility index (Phi) is 6.01. The Hall–Kier alpha value is -1.15. The van der Waals surface area contributed by atoms with Crippen molar-refractivity contribution >= 4 is 18.4 Å². The molecular weight excluding hydrogens is 399 g/mol. The summed E-state index contributed by atoms with van der Waals surface area (Å²) in [4.78, 5) is 9.67. The molecular formula is C7H2ClF13O2. The maximum absolute atomic E-state index is 12.6. The lowest BCUT2D eigenvalue weighted by atomic mass is 9.94. The number of hydrogen-bond acceptors (Lipinski definition) is 1. The van der Waals surface area contributed by atoms with Gasteiger partial charge in [0, 0.05) is 0 Å². The minimum Gasteiger partial charge on any atom is -0.477 e. The highest BCUT2D eigenvalue weighted by Gasteiger charge is 2.91. The van der Waals surface area contributed by atoms with E-state index in [1.54, 1.807) is 0 Å². The van der Waals surface area contributed by atoms with Gasteiger partial charge in [-0.3, -0.25) is 0 Å². The van der Waals surface area contributed by atoms with Crippen LogP contribution >= 0.6 is 12.4 Å². The summed E-state index contributed by atoms with van der Waals surface area (Å²) in [5.74, 6) is -43.0. The molecule has 0 amide bonds. The van der Waals surface area contributed by atoms with Crippen LogP contribution in [-0.2, 0) is 4.79 Å². The molecule has 140 valence electrons.